The number of amides is 1. The molecule has 0 bridgehead atoms. The predicted octanol–water partition coefficient (Wildman–Crippen LogP) is 3.25. The Balaban J connectivity index is 1.73. The number of hydrogen-bond acceptors (Lipinski definition) is 3. The van der Waals surface area contributed by atoms with E-state index in [9.17, 15) is 9.59 Å². The SMILES string of the molecule is C[C@@H](OC(=O)CCc1ccccc1)C(=O)N[C@H]1CCCC[C@@H]1C. The fourth-order valence-corrected chi connectivity index (χ4v) is 3.03. The highest BCUT2D eigenvalue weighted by Crippen LogP contribution is 2.23. The van der Waals surface area contributed by atoms with E-state index in [2.05, 4.69) is 12.2 Å². The molecule has 126 valence electrons. The summed E-state index contributed by atoms with van der Waals surface area (Å²) in [5, 5.41) is 3.03. The van der Waals surface area contributed by atoms with E-state index in [1.165, 1.54) is 6.42 Å². The molecule has 1 aliphatic rings. The van der Waals surface area contributed by atoms with Crippen LogP contribution in [0.3, 0.4) is 0 Å². The highest BCUT2D eigenvalue weighted by Gasteiger charge is 2.26. The average molecular weight is 317 g/mol. The zero-order chi connectivity index (χ0) is 16.7. The smallest absolute Gasteiger partial charge is 0.306 e. The minimum Gasteiger partial charge on any atom is -0.453 e. The number of esters is 1. The molecule has 3 atom stereocenters. The van der Waals surface area contributed by atoms with E-state index >= 15 is 0 Å². The highest BCUT2D eigenvalue weighted by atomic mass is 16.5. The van der Waals surface area contributed by atoms with Crippen molar-refractivity contribution in [1.29, 1.82) is 0 Å². The molecule has 4 nitrogen and oxygen atoms in total. The van der Waals surface area contributed by atoms with Crippen molar-refractivity contribution in [1.82, 2.24) is 5.32 Å². The molecule has 0 aromatic heterocycles. The van der Waals surface area contributed by atoms with Crippen molar-refractivity contribution in [2.75, 3.05) is 0 Å². The number of hydrogen-bond donors (Lipinski definition) is 1. The largest absolute Gasteiger partial charge is 0.453 e. The van der Waals surface area contributed by atoms with Gasteiger partial charge in [0.05, 0.1) is 0 Å². The molecule has 0 spiro atoms. The van der Waals surface area contributed by atoms with Crippen LogP contribution in [0.2, 0.25) is 0 Å². The van der Waals surface area contributed by atoms with Crippen LogP contribution >= 0.6 is 0 Å². The molecule has 0 radical (unpaired) electrons. The summed E-state index contributed by atoms with van der Waals surface area (Å²) in [7, 11) is 0. The van der Waals surface area contributed by atoms with E-state index in [4.69, 9.17) is 4.74 Å². The first-order chi connectivity index (χ1) is 11.1. The summed E-state index contributed by atoms with van der Waals surface area (Å²) < 4.78 is 5.26. The van der Waals surface area contributed by atoms with Crippen LogP contribution in [-0.2, 0) is 20.7 Å². The minimum atomic E-state index is -0.729. The lowest BCUT2D eigenvalue weighted by atomic mass is 9.86. The molecule has 1 aliphatic carbocycles. The molecular weight excluding hydrogens is 290 g/mol. The predicted molar refractivity (Wildman–Crippen MR) is 89.9 cm³/mol. The van der Waals surface area contributed by atoms with Gasteiger partial charge >= 0.3 is 5.97 Å². The van der Waals surface area contributed by atoms with Crippen molar-refractivity contribution >= 4 is 11.9 Å². The molecular formula is C19H27NO3. The Kier molecular flexibility index (Phi) is 6.63. The first-order valence-corrected chi connectivity index (χ1v) is 8.60. The number of ether oxygens (including phenoxy) is 1. The normalized spacial score (nSPS) is 22.2. The van der Waals surface area contributed by atoms with E-state index in [1.54, 1.807) is 6.92 Å². The Labute approximate surface area is 138 Å². The number of rotatable bonds is 6. The molecule has 4 heteroatoms. The van der Waals surface area contributed by atoms with E-state index < -0.39 is 6.10 Å². The van der Waals surface area contributed by atoms with Gasteiger partial charge in [0, 0.05) is 12.5 Å². The lowest BCUT2D eigenvalue weighted by Crippen LogP contribution is -2.46. The van der Waals surface area contributed by atoms with Gasteiger partial charge in [-0.15, -0.1) is 0 Å². The molecule has 1 aromatic carbocycles. The van der Waals surface area contributed by atoms with Crippen molar-refractivity contribution in [3.05, 3.63) is 35.9 Å². The third-order valence-electron chi connectivity index (χ3n) is 4.58. The molecule has 0 unspecified atom stereocenters. The molecule has 0 saturated heterocycles. The van der Waals surface area contributed by atoms with Crippen LogP contribution < -0.4 is 5.32 Å². The van der Waals surface area contributed by atoms with E-state index in [0.29, 0.717) is 18.8 Å². The molecule has 1 aromatic rings. The highest BCUT2D eigenvalue weighted by molar-refractivity contribution is 5.83. The summed E-state index contributed by atoms with van der Waals surface area (Å²) in [6, 6.07) is 10.0. The zero-order valence-corrected chi connectivity index (χ0v) is 14.1. The second-order valence-corrected chi connectivity index (χ2v) is 6.49. The number of carbonyl (C=O) groups is 2. The molecule has 1 saturated carbocycles. The van der Waals surface area contributed by atoms with Crippen LogP contribution in [0.15, 0.2) is 30.3 Å². The molecule has 1 fully saturated rings. The molecule has 1 N–H and O–H groups in total. The van der Waals surface area contributed by atoms with Crippen molar-refractivity contribution in [3.63, 3.8) is 0 Å². The van der Waals surface area contributed by atoms with Gasteiger partial charge in [-0.3, -0.25) is 9.59 Å². The summed E-state index contributed by atoms with van der Waals surface area (Å²) in [6.07, 6.45) is 4.75. The average Bonchev–Trinajstić information content (AvgIpc) is 2.56. The van der Waals surface area contributed by atoms with Crippen molar-refractivity contribution in [3.8, 4) is 0 Å². The molecule has 0 aliphatic heterocycles. The number of nitrogens with one attached hydrogen (secondary N) is 1. The Bertz CT molecular complexity index is 515. The van der Waals surface area contributed by atoms with Gasteiger partial charge in [0.15, 0.2) is 6.10 Å². The topological polar surface area (TPSA) is 55.4 Å². The van der Waals surface area contributed by atoms with E-state index in [0.717, 1.165) is 24.8 Å². The standard InChI is InChI=1S/C19H27NO3/c1-14-8-6-7-11-17(14)20-19(22)15(2)23-18(21)13-12-16-9-4-3-5-10-16/h3-5,9-10,14-15,17H,6-8,11-13H2,1-2H3,(H,20,22)/t14-,15+,17-/m0/s1. The van der Waals surface area contributed by atoms with Crippen molar-refractivity contribution < 1.29 is 14.3 Å². The summed E-state index contributed by atoms with van der Waals surface area (Å²) in [5.41, 5.74) is 1.09. The van der Waals surface area contributed by atoms with Crippen LogP contribution in [0.5, 0.6) is 0 Å². The van der Waals surface area contributed by atoms with Crippen LogP contribution in [0.25, 0.3) is 0 Å². The van der Waals surface area contributed by atoms with Crippen LogP contribution in [0.1, 0.15) is 51.5 Å². The fraction of sp³-hybridized carbons (Fsp3) is 0.579. The second-order valence-electron chi connectivity index (χ2n) is 6.49. The minimum absolute atomic E-state index is 0.184. The van der Waals surface area contributed by atoms with Gasteiger partial charge in [-0.2, -0.15) is 0 Å². The van der Waals surface area contributed by atoms with Gasteiger partial charge in [-0.1, -0.05) is 50.1 Å². The Morgan fingerprint density at radius 3 is 2.61 bits per heavy atom. The monoisotopic (exact) mass is 317 g/mol. The zero-order valence-electron chi connectivity index (χ0n) is 14.1. The number of aryl methyl sites for hydroxylation is 1. The third-order valence-corrected chi connectivity index (χ3v) is 4.58. The quantitative estimate of drug-likeness (QED) is 0.820. The maximum atomic E-state index is 12.2. The van der Waals surface area contributed by atoms with Gasteiger partial charge in [0.2, 0.25) is 0 Å². The summed E-state index contributed by atoms with van der Waals surface area (Å²) in [6.45, 7) is 3.81. The first kappa shape index (κ1) is 17.5. The Morgan fingerprint density at radius 1 is 1.22 bits per heavy atom. The summed E-state index contributed by atoms with van der Waals surface area (Å²) in [5.74, 6) is -0.0151. The summed E-state index contributed by atoms with van der Waals surface area (Å²) in [4.78, 5) is 24.1. The lowest BCUT2D eigenvalue weighted by Gasteiger charge is -2.30. The third kappa shape index (κ3) is 5.70. The Morgan fingerprint density at radius 2 is 1.91 bits per heavy atom. The van der Waals surface area contributed by atoms with Gasteiger partial charge < -0.3 is 10.1 Å². The van der Waals surface area contributed by atoms with Crippen molar-refractivity contribution in [2.24, 2.45) is 5.92 Å². The van der Waals surface area contributed by atoms with Gasteiger partial charge in [-0.25, -0.2) is 0 Å². The van der Waals surface area contributed by atoms with E-state index in [1.807, 2.05) is 30.3 Å². The van der Waals surface area contributed by atoms with Gasteiger partial charge in [0.25, 0.3) is 5.91 Å². The molecule has 23 heavy (non-hydrogen) atoms. The molecule has 2 rings (SSSR count). The van der Waals surface area contributed by atoms with E-state index in [-0.39, 0.29) is 17.9 Å². The first-order valence-electron chi connectivity index (χ1n) is 8.60. The molecule has 0 heterocycles. The molecule has 1 amide bonds. The number of benzene rings is 1. The van der Waals surface area contributed by atoms with Crippen LogP contribution in [-0.4, -0.2) is 24.0 Å². The summed E-state index contributed by atoms with van der Waals surface area (Å²) >= 11 is 0. The van der Waals surface area contributed by atoms with Crippen molar-refractivity contribution in [2.45, 2.75) is 64.5 Å². The Hall–Kier alpha value is -1.84. The lowest BCUT2D eigenvalue weighted by molar-refractivity contribution is -0.155. The maximum absolute atomic E-state index is 12.2. The second kappa shape index (κ2) is 8.70. The number of carbonyl (C=O) groups excluding carboxylic acids is 2. The van der Waals surface area contributed by atoms with Gasteiger partial charge in [0.1, 0.15) is 0 Å². The van der Waals surface area contributed by atoms with Crippen LogP contribution in [0.4, 0.5) is 0 Å². The maximum Gasteiger partial charge on any atom is 0.306 e. The van der Waals surface area contributed by atoms with Gasteiger partial charge in [-0.05, 0) is 37.7 Å². The fourth-order valence-electron chi connectivity index (χ4n) is 3.03. The van der Waals surface area contributed by atoms with Crippen LogP contribution in [0, 0.1) is 5.92 Å².